The van der Waals surface area contributed by atoms with Gasteiger partial charge in [0.25, 0.3) is 15.9 Å². The van der Waals surface area contributed by atoms with Gasteiger partial charge in [0, 0.05) is 24.0 Å². The molecule has 0 aliphatic carbocycles. The van der Waals surface area contributed by atoms with Gasteiger partial charge in [-0.15, -0.1) is 0 Å². The van der Waals surface area contributed by atoms with Crippen molar-refractivity contribution in [1.82, 2.24) is 4.90 Å². The van der Waals surface area contributed by atoms with Gasteiger partial charge in [0.05, 0.1) is 11.4 Å². The number of carbonyl (C=O) groups is 2. The molecule has 0 heterocycles. The second-order valence-corrected chi connectivity index (χ2v) is 9.81. The molecule has 0 spiro atoms. The Morgan fingerprint density at radius 3 is 2.18 bits per heavy atom. The van der Waals surface area contributed by atoms with Crippen LogP contribution in [0.3, 0.4) is 0 Å². The van der Waals surface area contributed by atoms with Crippen LogP contribution in [0.2, 0.25) is 0 Å². The Labute approximate surface area is 198 Å². The van der Waals surface area contributed by atoms with Crippen LogP contribution in [0.25, 0.3) is 0 Å². The third-order valence-electron chi connectivity index (χ3n) is 5.16. The van der Waals surface area contributed by atoms with E-state index in [9.17, 15) is 22.4 Å². The Kier molecular flexibility index (Phi) is 7.36. The zero-order valence-electron chi connectivity index (χ0n) is 19.3. The minimum atomic E-state index is -4.01. The first-order valence-electron chi connectivity index (χ1n) is 10.5. The van der Waals surface area contributed by atoms with Crippen molar-refractivity contribution in [3.8, 4) is 0 Å². The van der Waals surface area contributed by atoms with Gasteiger partial charge in [-0.05, 0) is 74.4 Å². The van der Waals surface area contributed by atoms with Crippen molar-refractivity contribution in [2.45, 2.75) is 25.7 Å². The summed E-state index contributed by atoms with van der Waals surface area (Å²) in [6, 6.07) is 14.3. The predicted octanol–water partition coefficient (Wildman–Crippen LogP) is 4.26. The minimum Gasteiger partial charge on any atom is -0.332 e. The SMILES string of the molecule is Cc1cc(C)c(NC(=O)CN(C)C(=O)c2cccc(S(=O)(=O)Nc3ccc(F)cc3)c2)c(C)c1. The van der Waals surface area contributed by atoms with Gasteiger partial charge in [-0.3, -0.25) is 14.3 Å². The number of likely N-dealkylation sites (N-methyl/N-ethyl adjacent to an activating group) is 1. The van der Waals surface area contributed by atoms with E-state index in [0.29, 0.717) is 5.69 Å². The molecule has 0 atom stereocenters. The van der Waals surface area contributed by atoms with Crippen LogP contribution in [0.5, 0.6) is 0 Å². The van der Waals surface area contributed by atoms with Crippen molar-refractivity contribution >= 4 is 33.2 Å². The Morgan fingerprint density at radius 2 is 1.56 bits per heavy atom. The van der Waals surface area contributed by atoms with Gasteiger partial charge < -0.3 is 10.2 Å². The van der Waals surface area contributed by atoms with Crippen LogP contribution in [0.15, 0.2) is 65.6 Å². The van der Waals surface area contributed by atoms with Crippen molar-refractivity contribution in [3.05, 3.63) is 88.7 Å². The van der Waals surface area contributed by atoms with E-state index in [2.05, 4.69) is 10.0 Å². The first-order valence-corrected chi connectivity index (χ1v) is 12.0. The highest BCUT2D eigenvalue weighted by molar-refractivity contribution is 7.92. The number of halogens is 1. The van der Waals surface area contributed by atoms with E-state index in [0.717, 1.165) is 28.8 Å². The zero-order valence-corrected chi connectivity index (χ0v) is 20.2. The Hall–Kier alpha value is -3.72. The molecule has 0 aliphatic rings. The normalized spacial score (nSPS) is 11.1. The number of nitrogens with zero attached hydrogens (tertiary/aromatic N) is 1. The van der Waals surface area contributed by atoms with Gasteiger partial charge in [0.1, 0.15) is 5.82 Å². The Bertz CT molecular complexity index is 1320. The van der Waals surface area contributed by atoms with Crippen molar-refractivity contribution in [2.75, 3.05) is 23.6 Å². The largest absolute Gasteiger partial charge is 0.332 e. The molecule has 0 unspecified atom stereocenters. The summed E-state index contributed by atoms with van der Waals surface area (Å²) < 4.78 is 40.8. The number of rotatable bonds is 7. The molecule has 0 bridgehead atoms. The number of nitrogens with one attached hydrogen (secondary N) is 2. The van der Waals surface area contributed by atoms with E-state index in [1.165, 1.54) is 48.3 Å². The second kappa shape index (κ2) is 10.0. The lowest BCUT2D eigenvalue weighted by molar-refractivity contribution is -0.116. The molecule has 3 rings (SSSR count). The van der Waals surface area contributed by atoms with E-state index in [4.69, 9.17) is 0 Å². The molecule has 0 fully saturated rings. The lowest BCUT2D eigenvalue weighted by Crippen LogP contribution is -2.35. The van der Waals surface area contributed by atoms with Gasteiger partial charge in [-0.2, -0.15) is 0 Å². The van der Waals surface area contributed by atoms with E-state index in [1.54, 1.807) is 0 Å². The summed E-state index contributed by atoms with van der Waals surface area (Å²) in [6.07, 6.45) is 0. The molecule has 0 saturated carbocycles. The van der Waals surface area contributed by atoms with Crippen LogP contribution in [-0.4, -0.2) is 38.7 Å². The molecule has 2 amide bonds. The highest BCUT2D eigenvalue weighted by Gasteiger charge is 2.20. The molecule has 3 aromatic carbocycles. The van der Waals surface area contributed by atoms with E-state index >= 15 is 0 Å². The number of hydrogen-bond acceptors (Lipinski definition) is 4. The molecule has 0 aromatic heterocycles. The van der Waals surface area contributed by atoms with Gasteiger partial charge in [0.15, 0.2) is 0 Å². The third kappa shape index (κ3) is 5.99. The maximum absolute atomic E-state index is 13.1. The summed E-state index contributed by atoms with van der Waals surface area (Å²) >= 11 is 0. The molecular weight excluding hydrogens is 457 g/mol. The van der Waals surface area contributed by atoms with Gasteiger partial charge >= 0.3 is 0 Å². The second-order valence-electron chi connectivity index (χ2n) is 8.12. The number of carbonyl (C=O) groups excluding carboxylic acids is 2. The summed E-state index contributed by atoms with van der Waals surface area (Å²) in [5.74, 6) is -1.37. The fraction of sp³-hybridized carbons (Fsp3) is 0.200. The average Bonchev–Trinajstić information content (AvgIpc) is 2.77. The Morgan fingerprint density at radius 1 is 0.941 bits per heavy atom. The molecule has 0 saturated heterocycles. The van der Waals surface area contributed by atoms with Crippen molar-refractivity contribution in [1.29, 1.82) is 0 Å². The van der Waals surface area contributed by atoms with Crippen LogP contribution >= 0.6 is 0 Å². The van der Waals surface area contributed by atoms with Crippen LogP contribution in [0, 0.1) is 26.6 Å². The molecule has 7 nitrogen and oxygen atoms in total. The van der Waals surface area contributed by atoms with Gasteiger partial charge in [-0.1, -0.05) is 23.8 Å². The predicted molar refractivity (Wildman–Crippen MR) is 130 cm³/mol. The summed E-state index contributed by atoms with van der Waals surface area (Å²) in [4.78, 5) is 26.5. The first kappa shape index (κ1) is 24.9. The fourth-order valence-corrected chi connectivity index (χ4v) is 4.70. The third-order valence-corrected chi connectivity index (χ3v) is 6.54. The van der Waals surface area contributed by atoms with E-state index < -0.39 is 21.7 Å². The van der Waals surface area contributed by atoms with Crippen molar-refractivity contribution in [3.63, 3.8) is 0 Å². The summed E-state index contributed by atoms with van der Waals surface area (Å²) in [6.45, 7) is 5.56. The summed E-state index contributed by atoms with van der Waals surface area (Å²) in [5.41, 5.74) is 3.94. The molecule has 34 heavy (non-hydrogen) atoms. The topological polar surface area (TPSA) is 95.6 Å². The lowest BCUT2D eigenvalue weighted by Gasteiger charge is -2.19. The number of aryl methyl sites for hydroxylation is 3. The molecule has 3 aromatic rings. The van der Waals surface area contributed by atoms with Crippen molar-refractivity contribution in [2.24, 2.45) is 0 Å². The average molecular weight is 484 g/mol. The number of amides is 2. The van der Waals surface area contributed by atoms with Gasteiger partial charge in [-0.25, -0.2) is 12.8 Å². The quantitative estimate of drug-likeness (QED) is 0.525. The maximum atomic E-state index is 13.1. The van der Waals surface area contributed by atoms with Crippen molar-refractivity contribution < 1.29 is 22.4 Å². The Balaban J connectivity index is 1.71. The first-order chi connectivity index (χ1) is 16.0. The molecule has 0 radical (unpaired) electrons. The lowest BCUT2D eigenvalue weighted by atomic mass is 10.1. The molecule has 2 N–H and O–H groups in total. The monoisotopic (exact) mass is 483 g/mol. The van der Waals surface area contributed by atoms with Gasteiger partial charge in [0.2, 0.25) is 5.91 Å². The molecule has 178 valence electrons. The highest BCUT2D eigenvalue weighted by atomic mass is 32.2. The number of sulfonamides is 1. The minimum absolute atomic E-state index is 0.111. The number of hydrogen-bond donors (Lipinski definition) is 2. The molecule has 9 heteroatoms. The van der Waals surface area contributed by atoms with Crippen LogP contribution in [0.4, 0.5) is 15.8 Å². The number of benzene rings is 3. The molecule has 0 aliphatic heterocycles. The summed E-state index contributed by atoms with van der Waals surface area (Å²) in [7, 11) is -2.54. The number of anilines is 2. The highest BCUT2D eigenvalue weighted by Crippen LogP contribution is 2.22. The molecular formula is C25H26FN3O4S. The fourth-order valence-electron chi connectivity index (χ4n) is 3.59. The summed E-state index contributed by atoms with van der Waals surface area (Å²) in [5, 5.41) is 2.84. The zero-order chi connectivity index (χ0) is 25.0. The smallest absolute Gasteiger partial charge is 0.261 e. The van der Waals surface area contributed by atoms with Crippen LogP contribution in [0.1, 0.15) is 27.0 Å². The van der Waals surface area contributed by atoms with Crippen LogP contribution in [-0.2, 0) is 14.8 Å². The van der Waals surface area contributed by atoms with E-state index in [-0.39, 0.29) is 28.6 Å². The standard InChI is InChI=1S/C25H26FN3O4S/c1-16-12-17(2)24(18(3)13-16)27-23(30)15-29(4)25(31)19-6-5-7-22(14-19)34(32,33)28-21-10-8-20(26)9-11-21/h5-14,28H,15H2,1-4H3,(H,27,30). The van der Waals surface area contributed by atoms with Crippen LogP contribution < -0.4 is 10.0 Å². The maximum Gasteiger partial charge on any atom is 0.261 e. The van der Waals surface area contributed by atoms with E-state index in [1.807, 2.05) is 32.9 Å².